The predicted octanol–water partition coefficient (Wildman–Crippen LogP) is 3.28. The molecule has 0 unspecified atom stereocenters. The van der Waals surface area contributed by atoms with Gasteiger partial charge in [-0.2, -0.15) is 0 Å². The highest BCUT2D eigenvalue weighted by Gasteiger charge is 2.21. The molecule has 2 N–H and O–H groups in total. The lowest BCUT2D eigenvalue weighted by Gasteiger charge is -2.15. The first-order chi connectivity index (χ1) is 14.5. The van der Waals surface area contributed by atoms with Crippen molar-refractivity contribution in [3.63, 3.8) is 0 Å². The van der Waals surface area contributed by atoms with Crippen molar-refractivity contribution in [2.24, 2.45) is 0 Å². The molecular formula is C19H19FN6O2S2. The smallest absolute Gasteiger partial charge is 0.254 e. The molecule has 1 atom stereocenters. The van der Waals surface area contributed by atoms with Gasteiger partial charge in [0.25, 0.3) is 5.91 Å². The van der Waals surface area contributed by atoms with Crippen LogP contribution in [0.3, 0.4) is 0 Å². The van der Waals surface area contributed by atoms with E-state index in [2.05, 4.69) is 32.4 Å². The van der Waals surface area contributed by atoms with E-state index < -0.39 is 17.8 Å². The second kappa shape index (κ2) is 10.1. The fourth-order valence-corrected chi connectivity index (χ4v) is 3.88. The van der Waals surface area contributed by atoms with Crippen molar-refractivity contribution < 1.29 is 14.0 Å². The summed E-state index contributed by atoms with van der Waals surface area (Å²) < 4.78 is 15.6. The van der Waals surface area contributed by atoms with E-state index in [0.717, 1.165) is 0 Å². The number of anilines is 1. The average molecular weight is 447 g/mol. The maximum absolute atomic E-state index is 13.9. The maximum atomic E-state index is 13.9. The third kappa shape index (κ3) is 5.30. The fraction of sp³-hybridized carbons (Fsp3) is 0.211. The van der Waals surface area contributed by atoms with Crippen LogP contribution in [0.25, 0.3) is 0 Å². The fourth-order valence-electron chi connectivity index (χ4n) is 2.58. The molecule has 0 radical (unpaired) electrons. The Bertz CT molecular complexity index is 1040. The van der Waals surface area contributed by atoms with Crippen molar-refractivity contribution in [1.29, 1.82) is 0 Å². The molecule has 2 aromatic heterocycles. The number of hydrogen-bond donors (Lipinski definition) is 2. The molecule has 1 aromatic carbocycles. The van der Waals surface area contributed by atoms with E-state index in [1.165, 1.54) is 41.3 Å². The maximum Gasteiger partial charge on any atom is 0.254 e. The number of nitrogens with one attached hydrogen (secondary N) is 2. The highest BCUT2D eigenvalue weighted by molar-refractivity contribution is 7.99. The number of aromatic nitrogens is 4. The second-order valence-electron chi connectivity index (χ2n) is 6.09. The molecule has 0 aliphatic carbocycles. The van der Waals surface area contributed by atoms with Crippen molar-refractivity contribution in [3.05, 3.63) is 65.7 Å². The number of hydrogen-bond acceptors (Lipinski definition) is 7. The van der Waals surface area contributed by atoms with Gasteiger partial charge in [-0.15, -0.1) is 28.1 Å². The van der Waals surface area contributed by atoms with Gasteiger partial charge < -0.3 is 15.2 Å². The number of allylic oxidation sites excluding steroid dienone is 1. The molecule has 2 amide bonds. The van der Waals surface area contributed by atoms with Crippen LogP contribution in [0.4, 0.5) is 9.52 Å². The van der Waals surface area contributed by atoms with Crippen LogP contribution in [0.5, 0.6) is 0 Å². The first kappa shape index (κ1) is 21.7. The summed E-state index contributed by atoms with van der Waals surface area (Å²) in [6.07, 6.45) is 3.27. The van der Waals surface area contributed by atoms with Gasteiger partial charge in [-0.1, -0.05) is 30.0 Å². The SMILES string of the molecule is C=CCn1c(SCC(=O)Nc2nccs2)nnc1[C@H](C)NC(=O)c1ccccc1F. The predicted molar refractivity (Wildman–Crippen MR) is 114 cm³/mol. The number of halogens is 1. The van der Waals surface area contributed by atoms with Crippen LogP contribution < -0.4 is 10.6 Å². The van der Waals surface area contributed by atoms with Gasteiger partial charge in [0.2, 0.25) is 5.91 Å². The summed E-state index contributed by atoms with van der Waals surface area (Å²) in [5.74, 6) is -0.777. The summed E-state index contributed by atoms with van der Waals surface area (Å²) in [7, 11) is 0. The minimum Gasteiger partial charge on any atom is -0.342 e. The number of carbonyl (C=O) groups is 2. The first-order valence-corrected chi connectivity index (χ1v) is 10.8. The minimum atomic E-state index is -0.600. The summed E-state index contributed by atoms with van der Waals surface area (Å²) in [4.78, 5) is 28.5. The lowest BCUT2D eigenvalue weighted by atomic mass is 10.2. The van der Waals surface area contributed by atoms with Crippen molar-refractivity contribution in [1.82, 2.24) is 25.1 Å². The lowest BCUT2D eigenvalue weighted by Crippen LogP contribution is -2.29. The topological polar surface area (TPSA) is 102 Å². The summed E-state index contributed by atoms with van der Waals surface area (Å²) >= 11 is 2.54. The number of thiazole rings is 1. The second-order valence-corrected chi connectivity index (χ2v) is 7.93. The molecule has 11 heteroatoms. The number of benzene rings is 1. The Kier molecular flexibility index (Phi) is 7.31. The summed E-state index contributed by atoms with van der Waals surface area (Å²) in [5, 5.41) is 16.5. The molecule has 8 nitrogen and oxygen atoms in total. The Morgan fingerprint density at radius 2 is 2.17 bits per heavy atom. The van der Waals surface area contributed by atoms with Gasteiger partial charge in [-0.05, 0) is 19.1 Å². The van der Waals surface area contributed by atoms with Gasteiger partial charge >= 0.3 is 0 Å². The third-order valence-electron chi connectivity index (χ3n) is 3.92. The van der Waals surface area contributed by atoms with E-state index in [0.29, 0.717) is 22.7 Å². The molecule has 2 heterocycles. The quantitative estimate of drug-likeness (QED) is 0.386. The lowest BCUT2D eigenvalue weighted by molar-refractivity contribution is -0.113. The molecule has 0 aliphatic rings. The van der Waals surface area contributed by atoms with Crippen molar-refractivity contribution in [3.8, 4) is 0 Å². The van der Waals surface area contributed by atoms with E-state index in [1.807, 2.05) is 0 Å². The van der Waals surface area contributed by atoms with Crippen LogP contribution in [0.1, 0.15) is 29.1 Å². The van der Waals surface area contributed by atoms with Crippen molar-refractivity contribution >= 4 is 40.0 Å². The number of thioether (sulfide) groups is 1. The number of carbonyl (C=O) groups excluding carboxylic acids is 2. The molecule has 0 fully saturated rings. The van der Waals surface area contributed by atoms with E-state index in [1.54, 1.807) is 35.2 Å². The van der Waals surface area contributed by atoms with E-state index >= 15 is 0 Å². The highest BCUT2D eigenvalue weighted by Crippen LogP contribution is 2.22. The van der Waals surface area contributed by atoms with Crippen LogP contribution in [0, 0.1) is 5.82 Å². The molecular weight excluding hydrogens is 427 g/mol. The van der Waals surface area contributed by atoms with Gasteiger partial charge in [0.1, 0.15) is 5.82 Å². The van der Waals surface area contributed by atoms with Crippen LogP contribution >= 0.6 is 23.1 Å². The van der Waals surface area contributed by atoms with Crippen LogP contribution in [-0.4, -0.2) is 37.3 Å². The van der Waals surface area contributed by atoms with Crippen LogP contribution in [0.15, 0.2) is 53.7 Å². The molecule has 0 saturated heterocycles. The van der Waals surface area contributed by atoms with Gasteiger partial charge in [0.05, 0.1) is 17.4 Å². The molecule has 0 saturated carbocycles. The molecule has 0 aliphatic heterocycles. The molecule has 3 rings (SSSR count). The monoisotopic (exact) mass is 446 g/mol. The van der Waals surface area contributed by atoms with E-state index in [-0.39, 0.29) is 17.2 Å². The van der Waals surface area contributed by atoms with E-state index in [9.17, 15) is 14.0 Å². The number of nitrogens with zero attached hydrogens (tertiary/aromatic N) is 4. The standard InChI is InChI=1S/C19H19FN6O2S2/c1-3-9-26-16(12(2)22-17(28)13-6-4-5-7-14(13)20)24-25-19(26)30-11-15(27)23-18-21-8-10-29-18/h3-8,10,12H,1,9,11H2,2H3,(H,22,28)(H,21,23,27)/t12-/m0/s1. The Balaban J connectivity index is 1.68. The Morgan fingerprint density at radius 1 is 1.37 bits per heavy atom. The summed E-state index contributed by atoms with van der Waals surface area (Å²) in [6, 6.07) is 5.21. The number of rotatable bonds is 9. The van der Waals surface area contributed by atoms with Crippen LogP contribution in [0.2, 0.25) is 0 Å². The van der Waals surface area contributed by atoms with E-state index in [4.69, 9.17) is 0 Å². The molecule has 0 spiro atoms. The molecule has 3 aromatic rings. The van der Waals surface area contributed by atoms with Crippen molar-refractivity contribution in [2.45, 2.75) is 24.7 Å². The molecule has 30 heavy (non-hydrogen) atoms. The zero-order valence-electron chi connectivity index (χ0n) is 16.0. The highest BCUT2D eigenvalue weighted by atomic mass is 32.2. The Labute approximate surface area is 180 Å². The average Bonchev–Trinajstić information content (AvgIpc) is 3.37. The largest absolute Gasteiger partial charge is 0.342 e. The van der Waals surface area contributed by atoms with Crippen molar-refractivity contribution in [2.75, 3.05) is 11.1 Å². The molecule has 156 valence electrons. The minimum absolute atomic E-state index is 0.0485. The zero-order chi connectivity index (χ0) is 21.5. The summed E-state index contributed by atoms with van der Waals surface area (Å²) in [5.41, 5.74) is -0.0485. The first-order valence-electron chi connectivity index (χ1n) is 8.91. The zero-order valence-corrected chi connectivity index (χ0v) is 17.7. The Morgan fingerprint density at radius 3 is 2.87 bits per heavy atom. The Hall–Kier alpha value is -3.05. The van der Waals surface area contributed by atoms with Gasteiger partial charge in [-0.3, -0.25) is 9.59 Å². The third-order valence-corrected chi connectivity index (χ3v) is 5.58. The summed E-state index contributed by atoms with van der Waals surface area (Å²) in [6.45, 7) is 5.85. The van der Waals surface area contributed by atoms with Crippen LogP contribution in [-0.2, 0) is 11.3 Å². The normalized spacial score (nSPS) is 11.7. The van der Waals surface area contributed by atoms with Gasteiger partial charge in [-0.25, -0.2) is 9.37 Å². The van der Waals surface area contributed by atoms with Gasteiger partial charge in [0, 0.05) is 18.1 Å². The van der Waals surface area contributed by atoms with Gasteiger partial charge in [0.15, 0.2) is 16.1 Å². The number of amides is 2. The molecule has 0 bridgehead atoms.